The highest BCUT2D eigenvalue weighted by molar-refractivity contribution is 5.80. The van der Waals surface area contributed by atoms with Crippen molar-refractivity contribution in [2.24, 2.45) is 5.73 Å². The molecule has 90 valence electrons. The molecular weight excluding hydrogens is 220 g/mol. The van der Waals surface area contributed by atoms with E-state index >= 15 is 0 Å². The molecule has 1 rings (SSSR count). The maximum atomic E-state index is 11.3. The quantitative estimate of drug-likeness (QED) is 0.780. The van der Waals surface area contributed by atoms with E-state index in [2.05, 4.69) is 4.74 Å². The zero-order valence-corrected chi connectivity index (χ0v) is 9.77. The van der Waals surface area contributed by atoms with Gasteiger partial charge in [-0.05, 0) is 31.2 Å². The van der Waals surface area contributed by atoms with Crippen molar-refractivity contribution in [3.8, 4) is 11.8 Å². The molecule has 17 heavy (non-hydrogen) atoms. The normalized spacial score (nSPS) is 13.3. The zero-order valence-electron chi connectivity index (χ0n) is 9.77. The highest BCUT2D eigenvalue weighted by atomic mass is 16.5. The van der Waals surface area contributed by atoms with Crippen molar-refractivity contribution in [3.63, 3.8) is 0 Å². The minimum Gasteiger partial charge on any atom is -0.491 e. The molecule has 0 aromatic heterocycles. The van der Waals surface area contributed by atoms with Gasteiger partial charge in [-0.25, -0.2) is 4.79 Å². The van der Waals surface area contributed by atoms with Crippen molar-refractivity contribution in [2.75, 3.05) is 13.7 Å². The van der Waals surface area contributed by atoms with Crippen molar-refractivity contribution in [1.29, 1.82) is 5.26 Å². The van der Waals surface area contributed by atoms with Crippen molar-refractivity contribution in [2.45, 2.75) is 12.5 Å². The molecule has 0 bridgehead atoms. The number of nitriles is 1. The van der Waals surface area contributed by atoms with Crippen LogP contribution in [0.5, 0.6) is 5.75 Å². The Morgan fingerprint density at radius 1 is 1.47 bits per heavy atom. The van der Waals surface area contributed by atoms with Crippen LogP contribution in [0.3, 0.4) is 0 Å². The number of nitrogens with zero attached hydrogens (tertiary/aromatic N) is 1. The molecule has 0 heterocycles. The highest BCUT2D eigenvalue weighted by Gasteiger charge is 2.30. The zero-order chi connectivity index (χ0) is 12.9. The first kappa shape index (κ1) is 13.0. The van der Waals surface area contributed by atoms with Crippen LogP contribution < -0.4 is 10.5 Å². The van der Waals surface area contributed by atoms with Crippen LogP contribution in [0, 0.1) is 11.3 Å². The predicted octanol–water partition coefficient (Wildman–Crippen LogP) is 0.827. The van der Waals surface area contributed by atoms with E-state index in [9.17, 15) is 4.79 Å². The van der Waals surface area contributed by atoms with E-state index in [0.717, 1.165) is 0 Å². The summed E-state index contributed by atoms with van der Waals surface area (Å²) in [6.07, 6.45) is 0. The van der Waals surface area contributed by atoms with E-state index in [1.54, 1.807) is 24.3 Å². The Kier molecular flexibility index (Phi) is 4.07. The number of carbonyl (C=O) groups excluding carboxylic acids is 1. The van der Waals surface area contributed by atoms with Crippen LogP contribution in [0.25, 0.3) is 0 Å². The standard InChI is InChI=1S/C12H14N2O3/c1-12(14,11(15)16-2)8-17-10-5-3-9(7-13)4-6-10/h3-6H,8,14H2,1-2H3/t12-/m0/s1. The van der Waals surface area contributed by atoms with E-state index in [4.69, 9.17) is 15.7 Å². The number of methoxy groups -OCH3 is 1. The molecule has 0 aliphatic heterocycles. The second-order valence-electron chi connectivity index (χ2n) is 3.83. The third-order valence-electron chi connectivity index (χ3n) is 2.17. The number of rotatable bonds is 4. The van der Waals surface area contributed by atoms with Crippen molar-refractivity contribution < 1.29 is 14.3 Å². The second kappa shape index (κ2) is 5.32. The molecule has 0 saturated carbocycles. The van der Waals surface area contributed by atoms with Crippen molar-refractivity contribution in [1.82, 2.24) is 0 Å². The molecular formula is C12H14N2O3. The fourth-order valence-electron chi connectivity index (χ4n) is 1.15. The predicted molar refractivity (Wildman–Crippen MR) is 61.3 cm³/mol. The summed E-state index contributed by atoms with van der Waals surface area (Å²) in [6, 6.07) is 8.54. The van der Waals surface area contributed by atoms with Gasteiger partial charge in [-0.2, -0.15) is 5.26 Å². The van der Waals surface area contributed by atoms with E-state index in [0.29, 0.717) is 11.3 Å². The van der Waals surface area contributed by atoms with Crippen LogP contribution >= 0.6 is 0 Å². The Labute approximate surface area is 99.7 Å². The molecule has 1 aromatic rings. The maximum Gasteiger partial charge on any atom is 0.329 e. The SMILES string of the molecule is COC(=O)[C@@](C)(N)COc1ccc(C#N)cc1. The van der Waals surface area contributed by atoms with Gasteiger partial charge in [0.05, 0.1) is 18.7 Å². The third kappa shape index (κ3) is 3.47. The van der Waals surface area contributed by atoms with Gasteiger partial charge in [0.2, 0.25) is 0 Å². The third-order valence-corrected chi connectivity index (χ3v) is 2.17. The molecule has 1 atom stereocenters. The summed E-state index contributed by atoms with van der Waals surface area (Å²) in [5, 5.41) is 8.62. The first-order chi connectivity index (χ1) is 7.99. The van der Waals surface area contributed by atoms with Crippen molar-refractivity contribution >= 4 is 5.97 Å². The number of esters is 1. The number of nitrogens with two attached hydrogens (primary N) is 1. The van der Waals surface area contributed by atoms with Gasteiger partial charge < -0.3 is 15.2 Å². The number of hydrogen-bond donors (Lipinski definition) is 1. The highest BCUT2D eigenvalue weighted by Crippen LogP contribution is 2.13. The number of carbonyl (C=O) groups is 1. The monoisotopic (exact) mass is 234 g/mol. The Morgan fingerprint density at radius 2 is 2.06 bits per heavy atom. The van der Waals surface area contributed by atoms with E-state index in [1.807, 2.05) is 6.07 Å². The average Bonchev–Trinajstić information content (AvgIpc) is 2.36. The van der Waals surface area contributed by atoms with Gasteiger partial charge in [0.15, 0.2) is 0 Å². The van der Waals surface area contributed by atoms with Crippen LogP contribution in [0.15, 0.2) is 24.3 Å². The van der Waals surface area contributed by atoms with Crippen LogP contribution in [-0.4, -0.2) is 25.2 Å². The van der Waals surface area contributed by atoms with E-state index in [-0.39, 0.29) is 6.61 Å². The number of ether oxygens (including phenoxy) is 2. The largest absolute Gasteiger partial charge is 0.491 e. The molecule has 0 unspecified atom stereocenters. The minimum absolute atomic E-state index is 0.00553. The average molecular weight is 234 g/mol. The van der Waals surface area contributed by atoms with Crippen LogP contribution in [0.2, 0.25) is 0 Å². The van der Waals surface area contributed by atoms with Gasteiger partial charge in [-0.1, -0.05) is 0 Å². The fourth-order valence-corrected chi connectivity index (χ4v) is 1.15. The molecule has 0 spiro atoms. The smallest absolute Gasteiger partial charge is 0.329 e. The summed E-state index contributed by atoms with van der Waals surface area (Å²) in [4.78, 5) is 11.3. The lowest BCUT2D eigenvalue weighted by Crippen LogP contribution is -2.50. The van der Waals surface area contributed by atoms with Gasteiger partial charge in [0.25, 0.3) is 0 Å². The number of hydrogen-bond acceptors (Lipinski definition) is 5. The molecule has 5 heteroatoms. The van der Waals surface area contributed by atoms with E-state index < -0.39 is 11.5 Å². The minimum atomic E-state index is -1.19. The molecule has 0 aliphatic carbocycles. The molecule has 0 saturated heterocycles. The van der Waals surface area contributed by atoms with Gasteiger partial charge in [-0.3, -0.25) is 0 Å². The Hall–Kier alpha value is -2.06. The van der Waals surface area contributed by atoms with Crippen LogP contribution in [0.4, 0.5) is 0 Å². The molecule has 0 aliphatic rings. The van der Waals surface area contributed by atoms with Gasteiger partial charge in [-0.15, -0.1) is 0 Å². The van der Waals surface area contributed by atoms with Crippen molar-refractivity contribution in [3.05, 3.63) is 29.8 Å². The van der Waals surface area contributed by atoms with Crippen LogP contribution in [0.1, 0.15) is 12.5 Å². The summed E-state index contributed by atoms with van der Waals surface area (Å²) in [7, 11) is 1.27. The van der Waals surface area contributed by atoms with Gasteiger partial charge in [0.1, 0.15) is 17.9 Å². The number of benzene rings is 1. The van der Waals surface area contributed by atoms with E-state index in [1.165, 1.54) is 14.0 Å². The first-order valence-electron chi connectivity index (χ1n) is 5.00. The molecule has 0 radical (unpaired) electrons. The first-order valence-corrected chi connectivity index (χ1v) is 5.00. The molecule has 0 fully saturated rings. The summed E-state index contributed by atoms with van der Waals surface area (Å²) in [5.74, 6) is 0.00993. The molecule has 5 nitrogen and oxygen atoms in total. The summed E-state index contributed by atoms with van der Waals surface area (Å²) in [6.45, 7) is 1.54. The summed E-state index contributed by atoms with van der Waals surface area (Å²) >= 11 is 0. The van der Waals surface area contributed by atoms with Gasteiger partial charge in [0, 0.05) is 0 Å². The molecule has 0 amide bonds. The lowest BCUT2D eigenvalue weighted by Gasteiger charge is -2.21. The summed E-state index contributed by atoms with van der Waals surface area (Å²) < 4.78 is 9.91. The second-order valence-corrected chi connectivity index (χ2v) is 3.83. The van der Waals surface area contributed by atoms with Gasteiger partial charge >= 0.3 is 5.97 Å². The van der Waals surface area contributed by atoms with Crippen LogP contribution in [-0.2, 0) is 9.53 Å². The summed E-state index contributed by atoms with van der Waals surface area (Å²) in [5.41, 5.74) is 5.07. The lowest BCUT2D eigenvalue weighted by atomic mass is 10.1. The topological polar surface area (TPSA) is 85.3 Å². The lowest BCUT2D eigenvalue weighted by molar-refractivity contribution is -0.147. The Morgan fingerprint density at radius 3 is 2.53 bits per heavy atom. The molecule has 1 aromatic carbocycles. The Bertz CT molecular complexity index is 432. The fraction of sp³-hybridized carbons (Fsp3) is 0.333. The Balaban J connectivity index is 2.61. The maximum absolute atomic E-state index is 11.3. The molecule has 2 N–H and O–H groups in total.